The second kappa shape index (κ2) is 3.77. The number of hydrogen-bond acceptors (Lipinski definition) is 3. The molecular weight excluding hydrogens is 208 g/mol. The Hall–Kier alpha value is -2.17. The van der Waals surface area contributed by atoms with Gasteiger partial charge in [-0.05, 0) is 18.6 Å². The largest absolute Gasteiger partial charge is 0.476 e. The molecule has 0 amide bonds. The first kappa shape index (κ1) is 10.4. The predicted molar refractivity (Wildman–Crippen MR) is 56.7 cm³/mol. The van der Waals surface area contributed by atoms with Crippen LogP contribution in [0.4, 0.5) is 0 Å². The van der Waals surface area contributed by atoms with Crippen molar-refractivity contribution in [3.63, 3.8) is 0 Å². The van der Waals surface area contributed by atoms with Crippen LogP contribution in [-0.2, 0) is 11.2 Å². The van der Waals surface area contributed by atoms with Gasteiger partial charge in [0.2, 0.25) is 0 Å². The van der Waals surface area contributed by atoms with E-state index in [-0.39, 0.29) is 12.1 Å². The maximum Gasteiger partial charge on any atom is 0.356 e. The Kier molecular flexibility index (Phi) is 2.44. The van der Waals surface area contributed by atoms with Gasteiger partial charge in [-0.15, -0.1) is 0 Å². The lowest BCUT2D eigenvalue weighted by Gasteiger charge is -2.00. The van der Waals surface area contributed by atoms with E-state index in [1.807, 2.05) is 13.0 Å². The maximum atomic E-state index is 11.0. The lowest BCUT2D eigenvalue weighted by molar-refractivity contribution is -0.107. The van der Waals surface area contributed by atoms with Crippen LogP contribution in [0.15, 0.2) is 18.3 Å². The summed E-state index contributed by atoms with van der Waals surface area (Å²) < 4.78 is 1.65. The van der Waals surface area contributed by atoms with E-state index in [1.54, 1.807) is 16.7 Å². The summed E-state index contributed by atoms with van der Waals surface area (Å²) in [5, 5.41) is 9.02. The number of imidazole rings is 1. The molecule has 0 unspecified atom stereocenters. The molecule has 2 heterocycles. The second-order valence-electron chi connectivity index (χ2n) is 3.46. The molecule has 0 aliphatic carbocycles. The molecule has 1 N–H and O–H groups in total. The first-order chi connectivity index (χ1) is 7.65. The highest BCUT2D eigenvalue weighted by molar-refractivity contribution is 5.94. The second-order valence-corrected chi connectivity index (χ2v) is 3.46. The fourth-order valence-corrected chi connectivity index (χ4v) is 1.74. The summed E-state index contributed by atoms with van der Waals surface area (Å²) in [5.41, 5.74) is 1.37. The minimum atomic E-state index is -1.08. The number of aryl methyl sites for hydroxylation is 1. The minimum Gasteiger partial charge on any atom is -0.476 e. The number of hydrogen-bond donors (Lipinski definition) is 1. The summed E-state index contributed by atoms with van der Waals surface area (Å²) in [5.74, 6) is -0.630. The van der Waals surface area contributed by atoms with Gasteiger partial charge in [0.15, 0.2) is 5.69 Å². The van der Waals surface area contributed by atoms with Gasteiger partial charge in [-0.1, -0.05) is 6.07 Å². The van der Waals surface area contributed by atoms with Gasteiger partial charge in [0.05, 0.1) is 11.9 Å². The summed E-state index contributed by atoms with van der Waals surface area (Å²) in [6.45, 7) is 1.81. The van der Waals surface area contributed by atoms with E-state index in [9.17, 15) is 9.59 Å². The molecule has 0 aromatic carbocycles. The van der Waals surface area contributed by atoms with Crippen molar-refractivity contribution in [2.45, 2.75) is 13.3 Å². The quantitative estimate of drug-likeness (QED) is 0.782. The van der Waals surface area contributed by atoms with Crippen LogP contribution >= 0.6 is 0 Å². The van der Waals surface area contributed by atoms with Gasteiger partial charge in [0.25, 0.3) is 0 Å². The molecule has 2 aromatic heterocycles. The SMILES string of the molecule is Cc1cccn2c(CC=O)nc(C(=O)O)c12. The fourth-order valence-electron chi connectivity index (χ4n) is 1.74. The zero-order valence-corrected chi connectivity index (χ0v) is 8.67. The molecule has 0 radical (unpaired) electrons. The predicted octanol–water partition coefficient (Wildman–Crippen LogP) is 1.08. The number of rotatable bonds is 3. The number of carboxylic acid groups (broad SMARTS) is 1. The topological polar surface area (TPSA) is 71.7 Å². The van der Waals surface area contributed by atoms with E-state index >= 15 is 0 Å². The molecule has 16 heavy (non-hydrogen) atoms. The molecule has 0 saturated heterocycles. The van der Waals surface area contributed by atoms with Crippen molar-refractivity contribution >= 4 is 17.8 Å². The van der Waals surface area contributed by atoms with Gasteiger partial charge in [0.1, 0.15) is 12.1 Å². The first-order valence-corrected chi connectivity index (χ1v) is 4.78. The van der Waals surface area contributed by atoms with Crippen LogP contribution in [0.5, 0.6) is 0 Å². The van der Waals surface area contributed by atoms with Crippen LogP contribution in [0.1, 0.15) is 21.9 Å². The van der Waals surface area contributed by atoms with Gasteiger partial charge in [-0.3, -0.25) is 0 Å². The highest BCUT2D eigenvalue weighted by atomic mass is 16.4. The number of aromatic carboxylic acids is 1. The van der Waals surface area contributed by atoms with Crippen LogP contribution in [0.2, 0.25) is 0 Å². The number of pyridine rings is 1. The smallest absolute Gasteiger partial charge is 0.356 e. The molecule has 5 heteroatoms. The zero-order chi connectivity index (χ0) is 11.7. The van der Waals surface area contributed by atoms with Gasteiger partial charge in [0, 0.05) is 6.20 Å². The molecule has 0 bridgehead atoms. The highest BCUT2D eigenvalue weighted by Crippen LogP contribution is 2.17. The molecule has 2 rings (SSSR count). The van der Waals surface area contributed by atoms with E-state index in [1.165, 1.54) is 0 Å². The van der Waals surface area contributed by atoms with Crippen molar-refractivity contribution in [1.82, 2.24) is 9.38 Å². The van der Waals surface area contributed by atoms with Gasteiger partial charge < -0.3 is 14.3 Å². The Morgan fingerprint density at radius 3 is 3.00 bits per heavy atom. The average Bonchev–Trinajstić information content (AvgIpc) is 2.60. The van der Waals surface area contributed by atoms with Crippen LogP contribution < -0.4 is 0 Å². The summed E-state index contributed by atoms with van der Waals surface area (Å²) in [7, 11) is 0. The van der Waals surface area contributed by atoms with Crippen molar-refractivity contribution in [1.29, 1.82) is 0 Å². The molecule has 0 fully saturated rings. The number of aromatic nitrogens is 2. The van der Waals surface area contributed by atoms with Gasteiger partial charge in [-0.25, -0.2) is 9.78 Å². The third-order valence-corrected chi connectivity index (χ3v) is 2.41. The molecule has 82 valence electrons. The van der Waals surface area contributed by atoms with Crippen molar-refractivity contribution < 1.29 is 14.7 Å². The van der Waals surface area contributed by atoms with Crippen LogP contribution in [0.25, 0.3) is 5.52 Å². The number of carboxylic acids is 1. The summed E-state index contributed by atoms with van der Waals surface area (Å²) in [6.07, 6.45) is 2.53. The van der Waals surface area contributed by atoms with E-state index in [0.29, 0.717) is 17.6 Å². The minimum absolute atomic E-state index is 0.00468. The number of aldehydes is 1. The fraction of sp³-hybridized carbons (Fsp3) is 0.182. The standard InChI is InChI=1S/C11H10N2O3/c1-7-3-2-5-13-8(4-6-14)12-9(10(7)13)11(15)16/h2-3,5-6H,4H2,1H3,(H,15,16). The Balaban J connectivity index is 2.81. The third kappa shape index (κ3) is 1.46. The molecule has 5 nitrogen and oxygen atoms in total. The molecule has 0 saturated carbocycles. The average molecular weight is 218 g/mol. The van der Waals surface area contributed by atoms with Gasteiger partial charge >= 0.3 is 5.97 Å². The van der Waals surface area contributed by atoms with Gasteiger partial charge in [-0.2, -0.15) is 0 Å². The van der Waals surface area contributed by atoms with Crippen LogP contribution in [-0.4, -0.2) is 26.7 Å². The van der Waals surface area contributed by atoms with Crippen molar-refractivity contribution in [2.24, 2.45) is 0 Å². The van der Waals surface area contributed by atoms with Crippen molar-refractivity contribution in [3.8, 4) is 0 Å². The first-order valence-electron chi connectivity index (χ1n) is 4.78. The Morgan fingerprint density at radius 1 is 1.62 bits per heavy atom. The Labute approximate surface area is 91.3 Å². The number of carbonyl (C=O) groups excluding carboxylic acids is 1. The van der Waals surface area contributed by atoms with E-state index in [0.717, 1.165) is 5.56 Å². The molecule has 2 aromatic rings. The number of nitrogens with zero attached hydrogens (tertiary/aromatic N) is 2. The Bertz CT molecular complexity index is 572. The number of carbonyl (C=O) groups is 2. The molecule has 0 spiro atoms. The normalized spacial score (nSPS) is 10.6. The molecule has 0 aliphatic heterocycles. The lowest BCUT2D eigenvalue weighted by atomic mass is 10.2. The van der Waals surface area contributed by atoms with Crippen LogP contribution in [0, 0.1) is 6.92 Å². The van der Waals surface area contributed by atoms with Crippen molar-refractivity contribution in [2.75, 3.05) is 0 Å². The molecule has 0 aliphatic rings. The van der Waals surface area contributed by atoms with Crippen molar-refractivity contribution in [3.05, 3.63) is 35.4 Å². The third-order valence-electron chi connectivity index (χ3n) is 2.41. The zero-order valence-electron chi connectivity index (χ0n) is 8.67. The molecular formula is C11H10N2O3. The van der Waals surface area contributed by atoms with E-state index < -0.39 is 5.97 Å². The molecule has 0 atom stereocenters. The monoisotopic (exact) mass is 218 g/mol. The summed E-state index contributed by atoms with van der Waals surface area (Å²) in [6, 6.07) is 3.61. The lowest BCUT2D eigenvalue weighted by Crippen LogP contribution is -1.98. The summed E-state index contributed by atoms with van der Waals surface area (Å²) in [4.78, 5) is 25.5. The highest BCUT2D eigenvalue weighted by Gasteiger charge is 2.17. The van der Waals surface area contributed by atoms with E-state index in [2.05, 4.69) is 4.98 Å². The summed E-state index contributed by atoms with van der Waals surface area (Å²) >= 11 is 0. The maximum absolute atomic E-state index is 11.0. The Morgan fingerprint density at radius 2 is 2.38 bits per heavy atom. The van der Waals surface area contributed by atoms with E-state index in [4.69, 9.17) is 5.11 Å². The van der Waals surface area contributed by atoms with Crippen LogP contribution in [0.3, 0.4) is 0 Å². The number of fused-ring (bicyclic) bond motifs is 1.